The van der Waals surface area contributed by atoms with Crippen LogP contribution in [-0.4, -0.2) is 23.1 Å². The summed E-state index contributed by atoms with van der Waals surface area (Å²) in [5.41, 5.74) is 8.70. The minimum Gasteiger partial charge on any atom is -0.490 e. The molecule has 0 aliphatic rings. The van der Waals surface area contributed by atoms with Gasteiger partial charge >= 0.3 is 0 Å². The third kappa shape index (κ3) is 4.47. The molecule has 1 aromatic heterocycles. The zero-order valence-corrected chi connectivity index (χ0v) is 14.3. The molecule has 0 fully saturated rings. The molecule has 0 radical (unpaired) electrons. The molecular formula is C20H22N4O. The van der Waals surface area contributed by atoms with Crippen LogP contribution in [0.4, 0.5) is 11.5 Å². The Morgan fingerprint density at radius 3 is 2.76 bits per heavy atom. The highest BCUT2D eigenvalue weighted by Crippen LogP contribution is 2.21. The summed E-state index contributed by atoms with van der Waals surface area (Å²) in [5.74, 6) is 1.69. The van der Waals surface area contributed by atoms with Crippen molar-refractivity contribution in [2.24, 2.45) is 0 Å². The van der Waals surface area contributed by atoms with Crippen LogP contribution in [0.3, 0.4) is 0 Å². The highest BCUT2D eigenvalue weighted by Gasteiger charge is 2.04. The molecule has 0 atom stereocenters. The number of rotatable bonds is 7. The molecule has 1 heterocycles. The summed E-state index contributed by atoms with van der Waals surface area (Å²) >= 11 is 0. The minimum absolute atomic E-state index is 0.599. The van der Waals surface area contributed by atoms with Gasteiger partial charge in [0.05, 0.1) is 5.52 Å². The zero-order chi connectivity index (χ0) is 17.5. The van der Waals surface area contributed by atoms with Gasteiger partial charge in [0, 0.05) is 17.6 Å². The van der Waals surface area contributed by atoms with Gasteiger partial charge in [0.1, 0.15) is 24.5 Å². The number of fused-ring (bicyclic) bond motifs is 1. The molecule has 0 unspecified atom stereocenters. The predicted molar refractivity (Wildman–Crippen MR) is 103 cm³/mol. The summed E-state index contributed by atoms with van der Waals surface area (Å²) in [6, 6.07) is 13.8. The van der Waals surface area contributed by atoms with Crippen molar-refractivity contribution in [3.05, 3.63) is 66.5 Å². The summed E-state index contributed by atoms with van der Waals surface area (Å²) in [7, 11) is 0. The van der Waals surface area contributed by atoms with Crippen molar-refractivity contribution >= 4 is 22.4 Å². The maximum atomic E-state index is 5.87. The fraction of sp³-hybridized carbons (Fsp3) is 0.200. The van der Waals surface area contributed by atoms with E-state index in [1.165, 1.54) is 5.56 Å². The average molecular weight is 334 g/mol. The Labute approximate surface area is 147 Å². The summed E-state index contributed by atoms with van der Waals surface area (Å²) < 4.78 is 5.60. The van der Waals surface area contributed by atoms with Gasteiger partial charge in [0.25, 0.3) is 0 Å². The van der Waals surface area contributed by atoms with Gasteiger partial charge in [-0.3, -0.25) is 0 Å². The lowest BCUT2D eigenvalue weighted by Gasteiger charge is -2.09. The van der Waals surface area contributed by atoms with Gasteiger partial charge < -0.3 is 15.8 Å². The van der Waals surface area contributed by atoms with E-state index in [9.17, 15) is 0 Å². The Kier molecular flexibility index (Phi) is 5.46. The van der Waals surface area contributed by atoms with Crippen LogP contribution in [0.5, 0.6) is 5.75 Å². The Morgan fingerprint density at radius 1 is 1.12 bits per heavy atom. The molecule has 3 N–H and O–H groups in total. The van der Waals surface area contributed by atoms with Gasteiger partial charge in [-0.25, -0.2) is 9.97 Å². The molecule has 0 saturated heterocycles. The Hall–Kier alpha value is -3.08. The van der Waals surface area contributed by atoms with Crippen molar-refractivity contribution in [3.8, 4) is 5.75 Å². The van der Waals surface area contributed by atoms with Crippen molar-refractivity contribution in [3.63, 3.8) is 0 Å². The largest absolute Gasteiger partial charge is 0.490 e. The van der Waals surface area contributed by atoms with Gasteiger partial charge in [-0.2, -0.15) is 0 Å². The van der Waals surface area contributed by atoms with Crippen molar-refractivity contribution in [1.29, 1.82) is 0 Å². The number of nitrogens with two attached hydrogens (primary N) is 1. The lowest BCUT2D eigenvalue weighted by Crippen LogP contribution is -2.07. The third-order valence-electron chi connectivity index (χ3n) is 3.87. The van der Waals surface area contributed by atoms with E-state index in [-0.39, 0.29) is 0 Å². The fourth-order valence-electron chi connectivity index (χ4n) is 2.53. The Bertz CT molecular complexity index is 859. The van der Waals surface area contributed by atoms with Gasteiger partial charge in [0.15, 0.2) is 0 Å². The van der Waals surface area contributed by atoms with E-state index in [0.717, 1.165) is 35.4 Å². The number of hydrogen-bond acceptors (Lipinski definition) is 5. The normalized spacial score (nSPS) is 11.1. The van der Waals surface area contributed by atoms with Crippen LogP contribution in [-0.2, 0) is 6.42 Å². The van der Waals surface area contributed by atoms with E-state index in [2.05, 4.69) is 27.4 Å². The number of allylic oxidation sites excluding steroid dienone is 1. The van der Waals surface area contributed by atoms with Crippen LogP contribution >= 0.6 is 0 Å². The molecule has 128 valence electrons. The standard InChI is InChI=1S/C20H22N4O/c1-2-3-12-25-17-7-4-15(5-8-17)10-11-22-20-18-13-16(21)6-9-19(18)23-14-24-20/h2-9,13-14H,10-12,21H2,1H3,(H,22,23,24). The van der Waals surface area contributed by atoms with Gasteiger partial charge in [-0.05, 0) is 49.2 Å². The number of ether oxygens (including phenoxy) is 1. The lowest BCUT2D eigenvalue weighted by atomic mass is 10.1. The lowest BCUT2D eigenvalue weighted by molar-refractivity contribution is 0.362. The summed E-state index contributed by atoms with van der Waals surface area (Å²) in [6.45, 7) is 3.36. The monoisotopic (exact) mass is 334 g/mol. The van der Waals surface area contributed by atoms with E-state index in [0.29, 0.717) is 12.3 Å². The second-order valence-electron chi connectivity index (χ2n) is 5.70. The molecule has 0 aliphatic heterocycles. The highest BCUT2D eigenvalue weighted by molar-refractivity contribution is 5.91. The molecule has 3 aromatic rings. The molecular weight excluding hydrogens is 312 g/mol. The molecule has 3 rings (SSSR count). The first kappa shape index (κ1) is 16.8. The highest BCUT2D eigenvalue weighted by atomic mass is 16.5. The number of nitrogen functional groups attached to an aromatic ring is 1. The zero-order valence-electron chi connectivity index (χ0n) is 14.3. The fourth-order valence-corrected chi connectivity index (χ4v) is 2.53. The van der Waals surface area contributed by atoms with Crippen LogP contribution in [0.15, 0.2) is 60.9 Å². The molecule has 0 amide bonds. The predicted octanol–water partition coefficient (Wildman–Crippen LogP) is 3.82. The summed E-state index contributed by atoms with van der Waals surface area (Å²) in [4.78, 5) is 8.60. The van der Waals surface area contributed by atoms with Crippen molar-refractivity contribution in [2.45, 2.75) is 13.3 Å². The first-order valence-corrected chi connectivity index (χ1v) is 8.33. The molecule has 0 saturated carbocycles. The maximum absolute atomic E-state index is 5.87. The van der Waals surface area contributed by atoms with Gasteiger partial charge in [-0.15, -0.1) is 0 Å². The van der Waals surface area contributed by atoms with Crippen LogP contribution in [0.25, 0.3) is 10.9 Å². The first-order valence-electron chi connectivity index (χ1n) is 8.33. The first-order chi connectivity index (χ1) is 12.3. The van der Waals surface area contributed by atoms with E-state index in [1.807, 2.05) is 49.4 Å². The quantitative estimate of drug-likeness (QED) is 0.507. The second-order valence-corrected chi connectivity index (χ2v) is 5.70. The van der Waals surface area contributed by atoms with Crippen LogP contribution in [0.2, 0.25) is 0 Å². The number of nitrogens with zero attached hydrogens (tertiary/aromatic N) is 2. The summed E-state index contributed by atoms with van der Waals surface area (Å²) in [5, 5.41) is 4.31. The summed E-state index contributed by atoms with van der Waals surface area (Å²) in [6.07, 6.45) is 6.42. The van der Waals surface area contributed by atoms with E-state index >= 15 is 0 Å². The molecule has 0 bridgehead atoms. The topological polar surface area (TPSA) is 73.1 Å². The number of benzene rings is 2. The van der Waals surface area contributed by atoms with E-state index in [1.54, 1.807) is 6.33 Å². The molecule has 0 aliphatic carbocycles. The SMILES string of the molecule is CC=CCOc1ccc(CCNc2ncnc3ccc(N)cc23)cc1. The van der Waals surface area contributed by atoms with Crippen molar-refractivity contribution in [1.82, 2.24) is 9.97 Å². The third-order valence-corrected chi connectivity index (χ3v) is 3.87. The van der Waals surface area contributed by atoms with E-state index < -0.39 is 0 Å². The molecule has 0 spiro atoms. The smallest absolute Gasteiger partial charge is 0.137 e. The molecule has 5 nitrogen and oxygen atoms in total. The maximum Gasteiger partial charge on any atom is 0.137 e. The number of hydrogen-bond donors (Lipinski definition) is 2. The van der Waals surface area contributed by atoms with Crippen LogP contribution < -0.4 is 15.8 Å². The van der Waals surface area contributed by atoms with Crippen molar-refractivity contribution in [2.75, 3.05) is 24.2 Å². The molecule has 2 aromatic carbocycles. The Morgan fingerprint density at radius 2 is 1.96 bits per heavy atom. The second kappa shape index (κ2) is 8.15. The number of nitrogens with one attached hydrogen (secondary N) is 1. The number of aromatic nitrogens is 2. The Balaban J connectivity index is 1.59. The number of anilines is 2. The molecule has 5 heteroatoms. The van der Waals surface area contributed by atoms with Crippen LogP contribution in [0.1, 0.15) is 12.5 Å². The average Bonchev–Trinajstić information content (AvgIpc) is 2.63. The van der Waals surface area contributed by atoms with Crippen LogP contribution in [0, 0.1) is 0 Å². The van der Waals surface area contributed by atoms with E-state index in [4.69, 9.17) is 10.5 Å². The van der Waals surface area contributed by atoms with Gasteiger partial charge in [-0.1, -0.05) is 24.3 Å². The molecule has 25 heavy (non-hydrogen) atoms. The van der Waals surface area contributed by atoms with Crippen molar-refractivity contribution < 1.29 is 4.74 Å². The van der Waals surface area contributed by atoms with Gasteiger partial charge in [0.2, 0.25) is 0 Å². The minimum atomic E-state index is 0.599.